The second-order valence-corrected chi connectivity index (χ2v) is 4.31. The van der Waals surface area contributed by atoms with Crippen LogP contribution < -0.4 is 5.32 Å². The van der Waals surface area contributed by atoms with E-state index in [0.29, 0.717) is 5.76 Å². The molecule has 0 aliphatic carbocycles. The zero-order chi connectivity index (χ0) is 14.5. The van der Waals surface area contributed by atoms with Gasteiger partial charge in [0.1, 0.15) is 11.8 Å². The number of amides is 1. The van der Waals surface area contributed by atoms with Crippen LogP contribution in [0, 0.1) is 6.92 Å². The van der Waals surface area contributed by atoms with Gasteiger partial charge in [-0.25, -0.2) is 9.78 Å². The van der Waals surface area contributed by atoms with E-state index in [1.807, 2.05) is 30.3 Å². The summed E-state index contributed by atoms with van der Waals surface area (Å²) in [5.74, 6) is -1.30. The number of aromatic nitrogens is 1. The van der Waals surface area contributed by atoms with Crippen molar-refractivity contribution < 1.29 is 19.1 Å². The van der Waals surface area contributed by atoms with Crippen LogP contribution >= 0.6 is 0 Å². The molecule has 0 spiro atoms. The van der Waals surface area contributed by atoms with Crippen molar-refractivity contribution in [1.82, 2.24) is 10.3 Å². The summed E-state index contributed by atoms with van der Waals surface area (Å²) >= 11 is 0. The number of carboxylic acids is 1. The molecular formula is C14H14N2O4. The van der Waals surface area contributed by atoms with Crippen LogP contribution in [0.3, 0.4) is 0 Å². The van der Waals surface area contributed by atoms with Crippen LogP contribution in [0.2, 0.25) is 0 Å². The molecule has 2 N–H and O–H groups in total. The number of aryl methyl sites for hydroxylation is 1. The molecule has 1 aromatic carbocycles. The molecule has 0 unspecified atom stereocenters. The molecule has 0 saturated carbocycles. The number of carbonyl (C=O) groups excluding carboxylic acids is 1. The van der Waals surface area contributed by atoms with Crippen LogP contribution in [0.15, 0.2) is 41.1 Å². The summed E-state index contributed by atoms with van der Waals surface area (Å²) in [5.41, 5.74) is 0.932. The number of rotatable bonds is 5. The van der Waals surface area contributed by atoms with Gasteiger partial charge < -0.3 is 14.8 Å². The molecule has 20 heavy (non-hydrogen) atoms. The minimum atomic E-state index is -1.09. The highest BCUT2D eigenvalue weighted by atomic mass is 16.4. The summed E-state index contributed by atoms with van der Waals surface area (Å²) < 4.78 is 4.93. The van der Waals surface area contributed by atoms with Crippen molar-refractivity contribution in [2.45, 2.75) is 19.4 Å². The van der Waals surface area contributed by atoms with Gasteiger partial charge in [0, 0.05) is 6.42 Å². The maximum absolute atomic E-state index is 11.9. The smallest absolute Gasteiger partial charge is 0.326 e. The monoisotopic (exact) mass is 274 g/mol. The Labute approximate surface area is 115 Å². The first-order valence-corrected chi connectivity index (χ1v) is 6.05. The molecular weight excluding hydrogens is 260 g/mol. The Bertz CT molecular complexity index is 607. The second kappa shape index (κ2) is 6.01. The molecule has 6 heteroatoms. The van der Waals surface area contributed by atoms with Crippen molar-refractivity contribution in [2.75, 3.05) is 0 Å². The zero-order valence-corrected chi connectivity index (χ0v) is 10.9. The molecule has 1 amide bonds. The SMILES string of the molecule is Cc1ocnc1C(=O)N[C@@H](Cc1ccccc1)C(=O)O. The lowest BCUT2D eigenvalue weighted by Crippen LogP contribution is -2.42. The van der Waals surface area contributed by atoms with Crippen LogP contribution in [-0.2, 0) is 11.2 Å². The first-order valence-electron chi connectivity index (χ1n) is 6.05. The Morgan fingerprint density at radius 3 is 2.60 bits per heavy atom. The summed E-state index contributed by atoms with van der Waals surface area (Å²) in [5, 5.41) is 11.6. The summed E-state index contributed by atoms with van der Waals surface area (Å²) in [7, 11) is 0. The molecule has 1 heterocycles. The third kappa shape index (κ3) is 3.23. The Balaban J connectivity index is 2.09. The quantitative estimate of drug-likeness (QED) is 0.860. The average Bonchev–Trinajstić information content (AvgIpc) is 2.85. The summed E-state index contributed by atoms with van der Waals surface area (Å²) in [6.45, 7) is 1.59. The molecule has 0 bridgehead atoms. The topological polar surface area (TPSA) is 92.4 Å². The Morgan fingerprint density at radius 1 is 1.35 bits per heavy atom. The van der Waals surface area contributed by atoms with E-state index in [0.717, 1.165) is 12.0 Å². The van der Waals surface area contributed by atoms with Crippen molar-refractivity contribution in [1.29, 1.82) is 0 Å². The third-order valence-electron chi connectivity index (χ3n) is 2.85. The lowest BCUT2D eigenvalue weighted by Gasteiger charge is -2.13. The van der Waals surface area contributed by atoms with E-state index in [1.54, 1.807) is 6.92 Å². The van der Waals surface area contributed by atoms with E-state index in [-0.39, 0.29) is 12.1 Å². The van der Waals surface area contributed by atoms with E-state index in [9.17, 15) is 14.7 Å². The van der Waals surface area contributed by atoms with Gasteiger partial charge in [-0.2, -0.15) is 0 Å². The van der Waals surface area contributed by atoms with Crippen LogP contribution in [0.25, 0.3) is 0 Å². The van der Waals surface area contributed by atoms with Gasteiger partial charge in [-0.15, -0.1) is 0 Å². The Kier molecular flexibility index (Phi) is 4.14. The summed E-state index contributed by atoms with van der Waals surface area (Å²) in [6, 6.07) is 8.08. The third-order valence-corrected chi connectivity index (χ3v) is 2.85. The molecule has 1 atom stereocenters. The van der Waals surface area contributed by atoms with E-state index in [1.165, 1.54) is 0 Å². The van der Waals surface area contributed by atoms with Gasteiger partial charge in [0.25, 0.3) is 5.91 Å². The van der Waals surface area contributed by atoms with Gasteiger partial charge >= 0.3 is 5.97 Å². The number of carboxylic acid groups (broad SMARTS) is 1. The molecule has 6 nitrogen and oxygen atoms in total. The van der Waals surface area contributed by atoms with Crippen molar-refractivity contribution in [2.24, 2.45) is 0 Å². The van der Waals surface area contributed by atoms with Crippen molar-refractivity contribution in [3.05, 3.63) is 53.7 Å². The summed E-state index contributed by atoms with van der Waals surface area (Å²) in [6.07, 6.45) is 1.36. The highest BCUT2D eigenvalue weighted by Crippen LogP contribution is 2.07. The van der Waals surface area contributed by atoms with E-state index in [4.69, 9.17) is 4.42 Å². The van der Waals surface area contributed by atoms with Gasteiger partial charge in [-0.3, -0.25) is 4.79 Å². The number of nitrogens with one attached hydrogen (secondary N) is 1. The first kappa shape index (κ1) is 13.8. The highest BCUT2D eigenvalue weighted by Gasteiger charge is 2.23. The van der Waals surface area contributed by atoms with Gasteiger partial charge in [-0.1, -0.05) is 30.3 Å². The predicted octanol–water partition coefficient (Wildman–Crippen LogP) is 1.41. The predicted molar refractivity (Wildman–Crippen MR) is 70.3 cm³/mol. The average molecular weight is 274 g/mol. The molecule has 2 aromatic rings. The largest absolute Gasteiger partial charge is 0.480 e. The van der Waals surface area contributed by atoms with E-state index < -0.39 is 17.9 Å². The van der Waals surface area contributed by atoms with Crippen LogP contribution in [0.4, 0.5) is 0 Å². The lowest BCUT2D eigenvalue weighted by molar-refractivity contribution is -0.139. The van der Waals surface area contributed by atoms with Crippen molar-refractivity contribution in [3.63, 3.8) is 0 Å². The number of benzene rings is 1. The van der Waals surface area contributed by atoms with Gasteiger partial charge in [0.15, 0.2) is 12.1 Å². The number of oxazole rings is 1. The number of hydrogen-bond donors (Lipinski definition) is 2. The zero-order valence-electron chi connectivity index (χ0n) is 10.9. The van der Waals surface area contributed by atoms with Crippen molar-refractivity contribution in [3.8, 4) is 0 Å². The van der Waals surface area contributed by atoms with Crippen LogP contribution in [-0.4, -0.2) is 28.0 Å². The molecule has 0 fully saturated rings. The number of carbonyl (C=O) groups is 2. The van der Waals surface area contributed by atoms with Gasteiger partial charge in [-0.05, 0) is 12.5 Å². The lowest BCUT2D eigenvalue weighted by atomic mass is 10.1. The highest BCUT2D eigenvalue weighted by molar-refractivity contribution is 5.95. The fraction of sp³-hybridized carbons (Fsp3) is 0.214. The molecule has 0 saturated heterocycles. The Morgan fingerprint density at radius 2 is 2.05 bits per heavy atom. The standard InChI is InChI=1S/C14H14N2O4/c1-9-12(15-8-20-9)13(17)16-11(14(18)19)7-10-5-3-2-4-6-10/h2-6,8,11H,7H2,1H3,(H,16,17)(H,18,19)/t11-/m0/s1. The maximum atomic E-state index is 11.9. The van der Waals surface area contributed by atoms with Crippen LogP contribution in [0.5, 0.6) is 0 Å². The molecule has 104 valence electrons. The van der Waals surface area contributed by atoms with Crippen LogP contribution in [0.1, 0.15) is 21.8 Å². The first-order chi connectivity index (χ1) is 9.58. The number of aliphatic carboxylic acids is 1. The molecule has 0 radical (unpaired) electrons. The maximum Gasteiger partial charge on any atom is 0.326 e. The minimum absolute atomic E-state index is 0.101. The van der Waals surface area contributed by atoms with Gasteiger partial charge in [0.05, 0.1) is 0 Å². The fourth-order valence-electron chi connectivity index (χ4n) is 1.80. The Hall–Kier alpha value is -2.63. The number of nitrogens with zero attached hydrogens (tertiary/aromatic N) is 1. The second-order valence-electron chi connectivity index (χ2n) is 4.31. The van der Waals surface area contributed by atoms with E-state index >= 15 is 0 Å². The minimum Gasteiger partial charge on any atom is -0.480 e. The number of hydrogen-bond acceptors (Lipinski definition) is 4. The molecule has 2 rings (SSSR count). The fourth-order valence-corrected chi connectivity index (χ4v) is 1.80. The van der Waals surface area contributed by atoms with Gasteiger partial charge in [0.2, 0.25) is 0 Å². The molecule has 1 aromatic heterocycles. The van der Waals surface area contributed by atoms with Crippen molar-refractivity contribution >= 4 is 11.9 Å². The van der Waals surface area contributed by atoms with E-state index in [2.05, 4.69) is 10.3 Å². The normalized spacial score (nSPS) is 11.8. The summed E-state index contributed by atoms with van der Waals surface area (Å²) in [4.78, 5) is 26.9. The molecule has 0 aliphatic rings. The molecule has 0 aliphatic heterocycles.